The highest BCUT2D eigenvalue weighted by atomic mass is 14.6. The lowest BCUT2D eigenvalue weighted by Crippen LogP contribution is -1.91. The van der Waals surface area contributed by atoms with Gasteiger partial charge in [0.05, 0.1) is 0 Å². The summed E-state index contributed by atoms with van der Waals surface area (Å²) in [5.74, 6) is 0.809. The van der Waals surface area contributed by atoms with E-state index in [0.717, 1.165) is 17.1 Å². The van der Waals surface area contributed by atoms with E-state index < -0.39 is 0 Å². The maximum absolute atomic E-state index is 5.55. The van der Waals surface area contributed by atoms with Crippen LogP contribution in [0.25, 0.3) is 5.57 Å². The summed E-state index contributed by atoms with van der Waals surface area (Å²) in [7, 11) is 1.75. The van der Waals surface area contributed by atoms with Crippen LogP contribution in [0.15, 0.2) is 35.5 Å². The van der Waals surface area contributed by atoms with Crippen molar-refractivity contribution >= 4 is 11.8 Å². The van der Waals surface area contributed by atoms with Crippen LogP contribution in [0, 0.1) is 0 Å². The maximum Gasteiger partial charge on any atom is 0.0301 e. The van der Waals surface area contributed by atoms with Crippen molar-refractivity contribution in [3.8, 4) is 0 Å². The van der Waals surface area contributed by atoms with E-state index in [1.54, 1.807) is 19.5 Å². The van der Waals surface area contributed by atoms with Gasteiger partial charge in [-0.15, -0.1) is 0 Å². The van der Waals surface area contributed by atoms with Crippen LogP contribution in [0.4, 0.5) is 0 Å². The molecule has 1 aromatic rings. The first-order valence-electron chi connectivity index (χ1n) is 5.29. The molecule has 1 fully saturated rings. The van der Waals surface area contributed by atoms with Gasteiger partial charge < -0.3 is 5.73 Å². The van der Waals surface area contributed by atoms with E-state index in [1.807, 2.05) is 0 Å². The standard InChI is InChI=1S/C13H16N2/c1-15-9-13(8-14)12-6-4-11(5-7-12)10-2-3-10/h4-10H,2-3,14H2,1H3. The lowest BCUT2D eigenvalue weighted by Gasteiger charge is -2.03. The van der Waals surface area contributed by atoms with Crippen molar-refractivity contribution in [3.05, 3.63) is 41.6 Å². The Hall–Kier alpha value is -1.57. The van der Waals surface area contributed by atoms with Crippen molar-refractivity contribution in [2.24, 2.45) is 10.7 Å². The van der Waals surface area contributed by atoms with E-state index in [1.165, 1.54) is 18.4 Å². The third kappa shape index (κ3) is 2.27. The molecule has 15 heavy (non-hydrogen) atoms. The molecular formula is C13H16N2. The fourth-order valence-electron chi connectivity index (χ4n) is 1.72. The van der Waals surface area contributed by atoms with Crippen molar-refractivity contribution in [2.45, 2.75) is 18.8 Å². The highest BCUT2D eigenvalue weighted by Gasteiger charge is 2.22. The second-order valence-electron chi connectivity index (χ2n) is 3.91. The lowest BCUT2D eigenvalue weighted by atomic mass is 10.0. The molecule has 0 spiro atoms. The second-order valence-corrected chi connectivity index (χ2v) is 3.91. The molecule has 0 aromatic heterocycles. The van der Waals surface area contributed by atoms with Crippen LogP contribution in [0.1, 0.15) is 29.9 Å². The van der Waals surface area contributed by atoms with E-state index in [4.69, 9.17) is 5.73 Å². The van der Waals surface area contributed by atoms with E-state index in [2.05, 4.69) is 29.3 Å². The smallest absolute Gasteiger partial charge is 0.0301 e. The highest BCUT2D eigenvalue weighted by molar-refractivity contribution is 6.09. The first-order valence-corrected chi connectivity index (χ1v) is 5.29. The lowest BCUT2D eigenvalue weighted by molar-refractivity contribution is 1.13. The Morgan fingerprint density at radius 3 is 2.47 bits per heavy atom. The Bertz CT molecular complexity index is 384. The van der Waals surface area contributed by atoms with Crippen LogP contribution in [0.5, 0.6) is 0 Å². The fourth-order valence-corrected chi connectivity index (χ4v) is 1.72. The van der Waals surface area contributed by atoms with Crippen LogP contribution in [0.2, 0.25) is 0 Å². The zero-order chi connectivity index (χ0) is 10.7. The highest BCUT2D eigenvalue weighted by Crippen LogP contribution is 2.40. The SMILES string of the molecule is CN=CC(=CN)c1ccc(C2CC2)cc1. The van der Waals surface area contributed by atoms with Crippen LogP contribution < -0.4 is 5.73 Å². The molecule has 1 saturated carbocycles. The van der Waals surface area contributed by atoms with Gasteiger partial charge in [0.2, 0.25) is 0 Å². The number of hydrogen-bond acceptors (Lipinski definition) is 2. The average Bonchev–Trinajstić information content (AvgIpc) is 3.10. The van der Waals surface area contributed by atoms with Crippen molar-refractivity contribution in [1.29, 1.82) is 0 Å². The van der Waals surface area contributed by atoms with Crippen LogP contribution in [-0.4, -0.2) is 13.3 Å². The molecule has 0 amide bonds. The molecule has 2 rings (SSSR count). The molecule has 0 unspecified atom stereocenters. The van der Waals surface area contributed by atoms with Crippen molar-refractivity contribution in [2.75, 3.05) is 7.05 Å². The van der Waals surface area contributed by atoms with Gasteiger partial charge in [0.15, 0.2) is 0 Å². The first-order chi connectivity index (χ1) is 7.35. The van der Waals surface area contributed by atoms with Gasteiger partial charge >= 0.3 is 0 Å². The number of aliphatic imine (C=N–C) groups is 1. The molecule has 0 bridgehead atoms. The normalized spacial score (nSPS) is 17.3. The average molecular weight is 200 g/mol. The summed E-state index contributed by atoms with van der Waals surface area (Å²) in [4.78, 5) is 3.98. The Kier molecular flexibility index (Phi) is 2.86. The van der Waals surface area contributed by atoms with Crippen LogP contribution >= 0.6 is 0 Å². The van der Waals surface area contributed by atoms with Gasteiger partial charge in [-0.25, -0.2) is 0 Å². The third-order valence-corrected chi connectivity index (χ3v) is 2.74. The molecule has 0 radical (unpaired) electrons. The molecule has 0 saturated heterocycles. The Morgan fingerprint density at radius 2 is 2.00 bits per heavy atom. The Morgan fingerprint density at radius 1 is 1.33 bits per heavy atom. The van der Waals surface area contributed by atoms with Gasteiger partial charge in [0.25, 0.3) is 0 Å². The fraction of sp³-hybridized carbons (Fsp3) is 0.308. The third-order valence-electron chi connectivity index (χ3n) is 2.74. The van der Waals surface area contributed by atoms with Crippen molar-refractivity contribution in [3.63, 3.8) is 0 Å². The molecule has 0 heterocycles. The van der Waals surface area contributed by atoms with E-state index in [9.17, 15) is 0 Å². The van der Waals surface area contributed by atoms with Gasteiger partial charge in [0, 0.05) is 25.0 Å². The Labute approximate surface area is 90.5 Å². The summed E-state index contributed by atoms with van der Waals surface area (Å²) in [6.45, 7) is 0. The molecule has 1 aliphatic rings. The van der Waals surface area contributed by atoms with Crippen molar-refractivity contribution < 1.29 is 0 Å². The number of rotatable bonds is 3. The topological polar surface area (TPSA) is 38.4 Å². The predicted octanol–water partition coefficient (Wildman–Crippen LogP) is 2.56. The first kappa shape index (κ1) is 9.97. The molecule has 2 nitrogen and oxygen atoms in total. The number of hydrogen-bond donors (Lipinski definition) is 1. The summed E-state index contributed by atoms with van der Waals surface area (Å²) in [6, 6.07) is 8.63. The van der Waals surface area contributed by atoms with Gasteiger partial charge in [-0.3, -0.25) is 4.99 Å². The minimum atomic E-state index is 0.809. The number of benzene rings is 1. The van der Waals surface area contributed by atoms with Crippen LogP contribution in [-0.2, 0) is 0 Å². The van der Waals surface area contributed by atoms with E-state index in [0.29, 0.717) is 0 Å². The van der Waals surface area contributed by atoms with Crippen LogP contribution in [0.3, 0.4) is 0 Å². The number of nitrogens with zero attached hydrogens (tertiary/aromatic N) is 1. The van der Waals surface area contributed by atoms with Gasteiger partial charge in [-0.05, 0) is 29.9 Å². The van der Waals surface area contributed by atoms with Crippen molar-refractivity contribution in [1.82, 2.24) is 0 Å². The quantitative estimate of drug-likeness (QED) is 0.748. The van der Waals surface area contributed by atoms with E-state index >= 15 is 0 Å². The summed E-state index contributed by atoms with van der Waals surface area (Å²) in [6.07, 6.45) is 6.07. The number of nitrogens with two attached hydrogens (primary N) is 1. The summed E-state index contributed by atoms with van der Waals surface area (Å²) < 4.78 is 0. The molecule has 1 aromatic carbocycles. The summed E-state index contributed by atoms with van der Waals surface area (Å²) >= 11 is 0. The molecular weight excluding hydrogens is 184 g/mol. The van der Waals surface area contributed by atoms with E-state index in [-0.39, 0.29) is 0 Å². The molecule has 0 aliphatic heterocycles. The number of allylic oxidation sites excluding steroid dienone is 1. The maximum atomic E-state index is 5.55. The van der Waals surface area contributed by atoms with Gasteiger partial charge in [0.1, 0.15) is 0 Å². The minimum absolute atomic E-state index is 0.809. The molecule has 2 heteroatoms. The molecule has 78 valence electrons. The summed E-state index contributed by atoms with van der Waals surface area (Å²) in [5, 5.41) is 0. The zero-order valence-corrected chi connectivity index (χ0v) is 8.98. The summed E-state index contributed by atoms with van der Waals surface area (Å²) in [5.41, 5.74) is 9.10. The Balaban J connectivity index is 2.21. The second kappa shape index (κ2) is 4.30. The predicted molar refractivity (Wildman–Crippen MR) is 65.0 cm³/mol. The van der Waals surface area contributed by atoms with Gasteiger partial charge in [-0.1, -0.05) is 24.3 Å². The molecule has 2 N–H and O–H groups in total. The zero-order valence-electron chi connectivity index (χ0n) is 8.98. The molecule has 0 atom stereocenters. The monoisotopic (exact) mass is 200 g/mol. The molecule has 1 aliphatic carbocycles. The minimum Gasteiger partial charge on any atom is -0.404 e. The van der Waals surface area contributed by atoms with Gasteiger partial charge in [-0.2, -0.15) is 0 Å². The largest absolute Gasteiger partial charge is 0.404 e.